The van der Waals surface area contributed by atoms with Gasteiger partial charge in [-0.2, -0.15) is 0 Å². The summed E-state index contributed by atoms with van der Waals surface area (Å²) in [4.78, 5) is 13.7. The monoisotopic (exact) mass is 290 g/mol. The number of nitrogens with zero attached hydrogens (tertiary/aromatic N) is 1. The predicted octanol–water partition coefficient (Wildman–Crippen LogP) is 2.23. The van der Waals surface area contributed by atoms with Gasteiger partial charge in [0, 0.05) is 26.2 Å². The molecule has 2 rings (SSSR count). The molecule has 1 aromatic carbocycles. The van der Waals surface area contributed by atoms with Gasteiger partial charge in [-0.1, -0.05) is 18.2 Å². The van der Waals surface area contributed by atoms with Crippen molar-refractivity contribution in [3.63, 3.8) is 0 Å². The zero-order valence-electron chi connectivity index (χ0n) is 12.3. The number of carbonyl (C=O) groups excluding carboxylic acids is 1. The zero-order chi connectivity index (χ0) is 15.1. The fourth-order valence-electron chi connectivity index (χ4n) is 2.28. The Labute approximate surface area is 125 Å². The van der Waals surface area contributed by atoms with Crippen molar-refractivity contribution in [2.45, 2.75) is 13.3 Å². The number of phenols is 1. The standard InChI is InChI=1S/C16H22N2O3/c1-2-21-12-9-17-16(20)18-10-7-14(8-11-18)13-3-5-15(19)6-4-13/h3-7,19H,2,8-12H2,1H3,(H,17,20). The lowest BCUT2D eigenvalue weighted by molar-refractivity contribution is 0.146. The molecule has 0 saturated carbocycles. The van der Waals surface area contributed by atoms with Crippen LogP contribution < -0.4 is 5.32 Å². The molecule has 2 amide bonds. The molecule has 0 spiro atoms. The molecule has 21 heavy (non-hydrogen) atoms. The molecule has 0 radical (unpaired) electrons. The Morgan fingerprint density at radius 2 is 2.14 bits per heavy atom. The quantitative estimate of drug-likeness (QED) is 0.817. The van der Waals surface area contributed by atoms with Crippen molar-refractivity contribution in [1.82, 2.24) is 10.2 Å². The van der Waals surface area contributed by atoms with Gasteiger partial charge < -0.3 is 20.1 Å². The average Bonchev–Trinajstić information content (AvgIpc) is 2.52. The third-order valence-corrected chi connectivity index (χ3v) is 3.46. The highest BCUT2D eigenvalue weighted by Gasteiger charge is 2.17. The number of aromatic hydroxyl groups is 1. The average molecular weight is 290 g/mol. The molecule has 0 unspecified atom stereocenters. The molecular weight excluding hydrogens is 268 g/mol. The highest BCUT2D eigenvalue weighted by Crippen LogP contribution is 2.23. The van der Waals surface area contributed by atoms with E-state index in [0.29, 0.717) is 32.8 Å². The van der Waals surface area contributed by atoms with E-state index in [1.165, 1.54) is 5.57 Å². The lowest BCUT2D eigenvalue weighted by Gasteiger charge is -2.26. The lowest BCUT2D eigenvalue weighted by atomic mass is 9.99. The maximum Gasteiger partial charge on any atom is 0.317 e. The van der Waals surface area contributed by atoms with Crippen LogP contribution in [0, 0.1) is 0 Å². The van der Waals surface area contributed by atoms with E-state index in [1.54, 1.807) is 17.0 Å². The van der Waals surface area contributed by atoms with E-state index < -0.39 is 0 Å². The number of hydrogen-bond donors (Lipinski definition) is 2. The molecule has 5 nitrogen and oxygen atoms in total. The Balaban J connectivity index is 1.83. The number of rotatable bonds is 5. The van der Waals surface area contributed by atoms with E-state index in [4.69, 9.17) is 4.74 Å². The normalized spacial score (nSPS) is 14.7. The Morgan fingerprint density at radius 3 is 2.76 bits per heavy atom. The van der Waals surface area contributed by atoms with Gasteiger partial charge >= 0.3 is 6.03 Å². The predicted molar refractivity (Wildman–Crippen MR) is 82.2 cm³/mol. The van der Waals surface area contributed by atoms with Crippen molar-refractivity contribution in [2.75, 3.05) is 32.8 Å². The summed E-state index contributed by atoms with van der Waals surface area (Å²) < 4.78 is 5.19. The van der Waals surface area contributed by atoms with Crippen molar-refractivity contribution in [1.29, 1.82) is 0 Å². The van der Waals surface area contributed by atoms with Gasteiger partial charge in [-0.05, 0) is 36.6 Å². The first-order valence-corrected chi connectivity index (χ1v) is 7.29. The van der Waals surface area contributed by atoms with Gasteiger partial charge in [0.05, 0.1) is 6.61 Å². The number of phenolic OH excluding ortho intramolecular Hbond substituents is 1. The highest BCUT2D eigenvalue weighted by molar-refractivity contribution is 5.76. The maximum absolute atomic E-state index is 11.9. The number of amides is 2. The van der Waals surface area contributed by atoms with E-state index in [0.717, 1.165) is 12.0 Å². The van der Waals surface area contributed by atoms with Gasteiger partial charge in [-0.3, -0.25) is 0 Å². The minimum absolute atomic E-state index is 0.0456. The number of urea groups is 1. The van der Waals surface area contributed by atoms with Crippen LogP contribution in [0.3, 0.4) is 0 Å². The molecule has 1 heterocycles. The molecule has 114 valence electrons. The molecule has 1 aliphatic rings. The molecular formula is C16H22N2O3. The van der Waals surface area contributed by atoms with Crippen LogP contribution in [0.1, 0.15) is 18.9 Å². The molecule has 1 aliphatic heterocycles. The van der Waals surface area contributed by atoms with Crippen LogP contribution >= 0.6 is 0 Å². The van der Waals surface area contributed by atoms with Crippen LogP contribution in [-0.4, -0.2) is 48.9 Å². The molecule has 0 fully saturated rings. The summed E-state index contributed by atoms with van der Waals surface area (Å²) in [7, 11) is 0. The highest BCUT2D eigenvalue weighted by atomic mass is 16.5. The van der Waals surface area contributed by atoms with Gasteiger partial charge in [0.1, 0.15) is 5.75 Å². The number of ether oxygens (including phenoxy) is 1. The van der Waals surface area contributed by atoms with Crippen LogP contribution in [-0.2, 0) is 4.74 Å². The Hall–Kier alpha value is -2.01. The molecule has 0 saturated heterocycles. The molecule has 1 aromatic rings. The smallest absolute Gasteiger partial charge is 0.317 e. The van der Waals surface area contributed by atoms with Gasteiger partial charge in [-0.15, -0.1) is 0 Å². The first kappa shape index (κ1) is 15.4. The summed E-state index contributed by atoms with van der Waals surface area (Å²) in [6.07, 6.45) is 2.89. The number of carbonyl (C=O) groups is 1. The third kappa shape index (κ3) is 4.49. The van der Waals surface area contributed by atoms with Crippen molar-refractivity contribution < 1.29 is 14.6 Å². The van der Waals surface area contributed by atoms with Gasteiger partial charge in [0.25, 0.3) is 0 Å². The first-order chi connectivity index (χ1) is 10.2. The van der Waals surface area contributed by atoms with E-state index >= 15 is 0 Å². The van der Waals surface area contributed by atoms with Crippen LogP contribution in [0.15, 0.2) is 30.3 Å². The minimum Gasteiger partial charge on any atom is -0.508 e. The summed E-state index contributed by atoms with van der Waals surface area (Å²) in [5.74, 6) is 0.269. The summed E-state index contributed by atoms with van der Waals surface area (Å²) in [6.45, 7) is 4.99. The fraction of sp³-hybridized carbons (Fsp3) is 0.438. The van der Waals surface area contributed by atoms with Crippen molar-refractivity contribution in [3.05, 3.63) is 35.9 Å². The molecule has 0 aliphatic carbocycles. The van der Waals surface area contributed by atoms with Gasteiger partial charge in [-0.25, -0.2) is 4.79 Å². The van der Waals surface area contributed by atoms with Crippen molar-refractivity contribution in [2.24, 2.45) is 0 Å². The number of benzene rings is 1. The van der Waals surface area contributed by atoms with Crippen LogP contribution in [0.25, 0.3) is 5.57 Å². The summed E-state index contributed by atoms with van der Waals surface area (Å²) in [6, 6.07) is 7.12. The topological polar surface area (TPSA) is 61.8 Å². The van der Waals surface area contributed by atoms with Crippen molar-refractivity contribution >= 4 is 11.6 Å². The molecule has 0 atom stereocenters. The molecule has 0 aromatic heterocycles. The van der Waals surface area contributed by atoms with Crippen LogP contribution in [0.4, 0.5) is 4.79 Å². The van der Waals surface area contributed by atoms with Gasteiger partial charge in [0.2, 0.25) is 0 Å². The number of hydrogen-bond acceptors (Lipinski definition) is 3. The lowest BCUT2D eigenvalue weighted by Crippen LogP contribution is -2.43. The van der Waals surface area contributed by atoms with Crippen LogP contribution in [0.5, 0.6) is 5.75 Å². The van der Waals surface area contributed by atoms with Crippen LogP contribution in [0.2, 0.25) is 0 Å². The second-order valence-electron chi connectivity index (χ2n) is 4.90. The van der Waals surface area contributed by atoms with Crippen molar-refractivity contribution in [3.8, 4) is 5.75 Å². The zero-order valence-corrected chi connectivity index (χ0v) is 12.3. The third-order valence-electron chi connectivity index (χ3n) is 3.46. The first-order valence-electron chi connectivity index (χ1n) is 7.29. The number of nitrogens with one attached hydrogen (secondary N) is 1. The second kappa shape index (κ2) is 7.69. The second-order valence-corrected chi connectivity index (χ2v) is 4.90. The Bertz CT molecular complexity index is 497. The fourth-order valence-corrected chi connectivity index (χ4v) is 2.28. The van der Waals surface area contributed by atoms with E-state index in [-0.39, 0.29) is 11.8 Å². The molecule has 0 bridgehead atoms. The maximum atomic E-state index is 11.9. The van der Waals surface area contributed by atoms with E-state index in [1.807, 2.05) is 19.1 Å². The SMILES string of the molecule is CCOCCNC(=O)N1CC=C(c2ccc(O)cc2)CC1. The van der Waals surface area contributed by atoms with E-state index in [2.05, 4.69) is 11.4 Å². The summed E-state index contributed by atoms with van der Waals surface area (Å²) >= 11 is 0. The Morgan fingerprint density at radius 1 is 1.38 bits per heavy atom. The largest absolute Gasteiger partial charge is 0.508 e. The Kier molecular flexibility index (Phi) is 5.63. The minimum atomic E-state index is -0.0456. The summed E-state index contributed by atoms with van der Waals surface area (Å²) in [5, 5.41) is 12.1. The molecule has 2 N–H and O–H groups in total. The molecule has 5 heteroatoms. The summed E-state index contributed by atoms with van der Waals surface area (Å²) in [5.41, 5.74) is 2.32. The van der Waals surface area contributed by atoms with Gasteiger partial charge in [0.15, 0.2) is 0 Å². The van der Waals surface area contributed by atoms with E-state index in [9.17, 15) is 9.90 Å².